The molecule has 26 heavy (non-hydrogen) atoms. The molecular weight excluding hydrogens is 324 g/mol. The Morgan fingerprint density at radius 2 is 1.73 bits per heavy atom. The highest BCUT2D eigenvalue weighted by Gasteiger charge is 2.15. The molecule has 4 heteroatoms. The fraction of sp³-hybridized carbons (Fsp3) is 0.364. The molecule has 4 nitrogen and oxygen atoms in total. The Morgan fingerprint density at radius 3 is 2.35 bits per heavy atom. The van der Waals surface area contributed by atoms with Gasteiger partial charge in [-0.2, -0.15) is 0 Å². The Kier molecular flexibility index (Phi) is 6.56. The van der Waals surface area contributed by atoms with E-state index in [0.29, 0.717) is 12.5 Å². The van der Waals surface area contributed by atoms with Gasteiger partial charge in [0.05, 0.1) is 0 Å². The van der Waals surface area contributed by atoms with Crippen molar-refractivity contribution in [3.05, 3.63) is 59.2 Å². The fourth-order valence-corrected chi connectivity index (χ4v) is 2.90. The third-order valence-corrected chi connectivity index (χ3v) is 4.60. The first-order valence-corrected chi connectivity index (χ1v) is 9.03. The molecule has 0 heterocycles. The van der Waals surface area contributed by atoms with Crippen LogP contribution in [-0.4, -0.2) is 18.4 Å². The highest BCUT2D eigenvalue weighted by molar-refractivity contribution is 5.95. The smallest absolute Gasteiger partial charge is 0.226 e. The van der Waals surface area contributed by atoms with Gasteiger partial charge in [0, 0.05) is 31.3 Å². The third kappa shape index (κ3) is 4.94. The molecule has 0 aliphatic rings. The number of hydrogen-bond donors (Lipinski definition) is 1. The molecule has 0 unspecified atom stereocenters. The van der Waals surface area contributed by atoms with Crippen LogP contribution in [0.4, 0.5) is 11.4 Å². The fourth-order valence-electron chi connectivity index (χ4n) is 2.90. The molecule has 0 atom stereocenters. The van der Waals surface area contributed by atoms with Gasteiger partial charge in [0.1, 0.15) is 0 Å². The van der Waals surface area contributed by atoms with Crippen molar-refractivity contribution in [3.8, 4) is 0 Å². The van der Waals surface area contributed by atoms with Crippen LogP contribution in [0.25, 0.3) is 0 Å². The first kappa shape index (κ1) is 19.7. The summed E-state index contributed by atoms with van der Waals surface area (Å²) in [5.74, 6) is 0.174. The maximum atomic E-state index is 12.4. The number of amides is 2. The van der Waals surface area contributed by atoms with Crippen LogP contribution in [0.5, 0.6) is 0 Å². The van der Waals surface area contributed by atoms with Crippen LogP contribution in [0.3, 0.4) is 0 Å². The Bertz CT molecular complexity index is 796. The molecule has 0 spiro atoms. The van der Waals surface area contributed by atoms with E-state index in [9.17, 15) is 9.59 Å². The molecule has 0 saturated carbocycles. The van der Waals surface area contributed by atoms with E-state index in [1.54, 1.807) is 4.90 Å². The molecule has 1 N–H and O–H groups in total. The minimum Gasteiger partial charge on any atom is -0.326 e. The Balaban J connectivity index is 2.06. The largest absolute Gasteiger partial charge is 0.326 e. The van der Waals surface area contributed by atoms with Gasteiger partial charge >= 0.3 is 0 Å². The molecule has 0 aliphatic carbocycles. The number of para-hydroxylation sites is 1. The average molecular weight is 352 g/mol. The lowest BCUT2D eigenvalue weighted by molar-refractivity contribution is -0.117. The third-order valence-electron chi connectivity index (χ3n) is 4.60. The van der Waals surface area contributed by atoms with E-state index in [1.165, 1.54) is 12.5 Å². The maximum absolute atomic E-state index is 12.4. The van der Waals surface area contributed by atoms with E-state index >= 15 is 0 Å². The van der Waals surface area contributed by atoms with Gasteiger partial charge in [-0.05, 0) is 54.7 Å². The molecule has 0 aromatic heterocycles. The summed E-state index contributed by atoms with van der Waals surface area (Å²) in [6.07, 6.45) is 0.249. The summed E-state index contributed by atoms with van der Waals surface area (Å²) in [5, 5.41) is 2.98. The second-order valence-electron chi connectivity index (χ2n) is 6.98. The molecule has 2 amide bonds. The van der Waals surface area contributed by atoms with Crippen molar-refractivity contribution in [1.29, 1.82) is 0 Å². The molecule has 0 fully saturated rings. The summed E-state index contributed by atoms with van der Waals surface area (Å²) >= 11 is 0. The van der Waals surface area contributed by atoms with Crippen molar-refractivity contribution < 1.29 is 9.59 Å². The van der Waals surface area contributed by atoms with Gasteiger partial charge < -0.3 is 10.2 Å². The number of anilines is 2. The first-order valence-electron chi connectivity index (χ1n) is 9.03. The van der Waals surface area contributed by atoms with Crippen LogP contribution in [0.1, 0.15) is 49.8 Å². The van der Waals surface area contributed by atoms with Gasteiger partial charge in [-0.3, -0.25) is 9.59 Å². The molecule has 2 aromatic carbocycles. The average Bonchev–Trinajstić information content (AvgIpc) is 2.58. The number of nitrogens with one attached hydrogen (secondary N) is 1. The second-order valence-corrected chi connectivity index (χ2v) is 6.98. The maximum Gasteiger partial charge on any atom is 0.226 e. The molecule has 2 aromatic rings. The van der Waals surface area contributed by atoms with Crippen LogP contribution >= 0.6 is 0 Å². The summed E-state index contributed by atoms with van der Waals surface area (Å²) < 4.78 is 0. The molecular formula is C22H28N2O2. The van der Waals surface area contributed by atoms with E-state index in [-0.39, 0.29) is 18.2 Å². The lowest BCUT2D eigenvalue weighted by Gasteiger charge is -2.22. The molecule has 0 radical (unpaired) electrons. The Morgan fingerprint density at radius 1 is 1.04 bits per heavy atom. The number of nitrogens with zero attached hydrogens (tertiary/aromatic N) is 1. The van der Waals surface area contributed by atoms with Crippen LogP contribution in [0.2, 0.25) is 0 Å². The van der Waals surface area contributed by atoms with Crippen molar-refractivity contribution in [2.75, 3.05) is 16.8 Å². The zero-order valence-corrected chi connectivity index (χ0v) is 16.3. The van der Waals surface area contributed by atoms with E-state index in [1.807, 2.05) is 56.3 Å². The molecule has 0 bridgehead atoms. The summed E-state index contributed by atoms with van der Waals surface area (Å²) in [6, 6.07) is 13.7. The predicted molar refractivity (Wildman–Crippen MR) is 108 cm³/mol. The Hall–Kier alpha value is -2.62. The minimum absolute atomic E-state index is 0.0661. The van der Waals surface area contributed by atoms with Crippen molar-refractivity contribution >= 4 is 23.2 Å². The molecule has 138 valence electrons. The molecule has 2 rings (SSSR count). The van der Waals surface area contributed by atoms with Gasteiger partial charge in [0.2, 0.25) is 11.8 Å². The number of carbonyl (C=O) groups excluding carboxylic acids is 2. The van der Waals surface area contributed by atoms with Crippen molar-refractivity contribution in [2.45, 2.75) is 47.0 Å². The van der Waals surface area contributed by atoms with Gasteiger partial charge in [0.15, 0.2) is 0 Å². The first-order chi connectivity index (χ1) is 12.3. The monoisotopic (exact) mass is 352 g/mol. The predicted octanol–water partition coefficient (Wildman–Crippen LogP) is 4.81. The van der Waals surface area contributed by atoms with E-state index in [0.717, 1.165) is 22.5 Å². The van der Waals surface area contributed by atoms with Gasteiger partial charge in [-0.15, -0.1) is 0 Å². The summed E-state index contributed by atoms with van der Waals surface area (Å²) in [4.78, 5) is 26.1. The van der Waals surface area contributed by atoms with Gasteiger partial charge in [-0.25, -0.2) is 0 Å². The number of rotatable bonds is 6. The highest BCUT2D eigenvalue weighted by atomic mass is 16.2. The van der Waals surface area contributed by atoms with Crippen molar-refractivity contribution in [1.82, 2.24) is 0 Å². The summed E-state index contributed by atoms with van der Waals surface area (Å²) in [6.45, 7) is 10.1. The normalized spacial score (nSPS) is 10.7. The standard InChI is InChI=1S/C22H28N2O2/c1-15(2)20-8-6-7-9-21(20)23-22(26)12-13-24(18(5)25)19-11-10-16(3)17(4)14-19/h6-11,14-15H,12-13H2,1-5H3,(H,23,26). The van der Waals surface area contributed by atoms with Crippen LogP contribution in [0.15, 0.2) is 42.5 Å². The SMILES string of the molecule is CC(=O)N(CCC(=O)Nc1ccccc1C(C)C)c1ccc(C)c(C)c1. The Labute approximate surface area is 156 Å². The molecule has 0 saturated heterocycles. The number of hydrogen-bond acceptors (Lipinski definition) is 2. The van der Waals surface area contributed by atoms with Gasteiger partial charge in [-0.1, -0.05) is 38.1 Å². The van der Waals surface area contributed by atoms with Crippen LogP contribution in [0, 0.1) is 13.8 Å². The van der Waals surface area contributed by atoms with E-state index in [4.69, 9.17) is 0 Å². The molecule has 0 aliphatic heterocycles. The second kappa shape index (κ2) is 8.65. The zero-order chi connectivity index (χ0) is 19.3. The number of carbonyl (C=O) groups is 2. The topological polar surface area (TPSA) is 49.4 Å². The summed E-state index contributed by atoms with van der Waals surface area (Å²) in [5.41, 5.74) is 5.09. The van der Waals surface area contributed by atoms with Crippen molar-refractivity contribution in [3.63, 3.8) is 0 Å². The minimum atomic E-state index is -0.0896. The van der Waals surface area contributed by atoms with Crippen molar-refractivity contribution in [2.24, 2.45) is 0 Å². The van der Waals surface area contributed by atoms with Crippen LogP contribution in [-0.2, 0) is 9.59 Å². The number of aryl methyl sites for hydroxylation is 2. The lowest BCUT2D eigenvalue weighted by Crippen LogP contribution is -2.32. The van der Waals surface area contributed by atoms with Gasteiger partial charge in [0.25, 0.3) is 0 Å². The van der Waals surface area contributed by atoms with E-state index in [2.05, 4.69) is 19.2 Å². The number of benzene rings is 2. The van der Waals surface area contributed by atoms with Crippen LogP contribution < -0.4 is 10.2 Å². The highest BCUT2D eigenvalue weighted by Crippen LogP contribution is 2.24. The quantitative estimate of drug-likeness (QED) is 0.811. The summed E-state index contributed by atoms with van der Waals surface area (Å²) in [7, 11) is 0. The van der Waals surface area contributed by atoms with E-state index < -0.39 is 0 Å². The zero-order valence-electron chi connectivity index (χ0n) is 16.3. The lowest BCUT2D eigenvalue weighted by atomic mass is 10.0.